The molecule has 3 nitrogen and oxygen atoms in total. The summed E-state index contributed by atoms with van der Waals surface area (Å²) in [6.07, 6.45) is 1.63. The monoisotopic (exact) mass is 331 g/mol. The van der Waals surface area contributed by atoms with Crippen molar-refractivity contribution in [3.05, 3.63) is 64.7 Å². The summed E-state index contributed by atoms with van der Waals surface area (Å²) in [5, 5.41) is 0. The molecule has 1 N–H and O–H groups in total. The number of nitrogens with one attached hydrogen (secondary N) is 1. The van der Waals surface area contributed by atoms with Crippen LogP contribution in [-0.4, -0.2) is 14.5 Å². The highest BCUT2D eigenvalue weighted by Crippen LogP contribution is 2.22. The summed E-state index contributed by atoms with van der Waals surface area (Å²) in [4.78, 5) is 0.412. The predicted octanol–water partition coefficient (Wildman–Crippen LogP) is 3.91. The molecule has 0 aliphatic carbocycles. The van der Waals surface area contributed by atoms with Gasteiger partial charge in [-0.3, -0.25) is 0 Å². The van der Waals surface area contributed by atoms with Crippen LogP contribution in [0.2, 0.25) is 0 Å². The van der Waals surface area contributed by atoms with Gasteiger partial charge in [0.15, 0.2) is 0 Å². The SMILES string of the molecule is Cc1cc(C)c(S(=O)(=O)N[C@@H](C)CCc2ccccc2)c(C)c1. The normalized spacial score (nSPS) is 13.0. The predicted molar refractivity (Wildman–Crippen MR) is 95.2 cm³/mol. The molecule has 0 aromatic heterocycles. The van der Waals surface area contributed by atoms with Gasteiger partial charge < -0.3 is 0 Å². The quantitative estimate of drug-likeness (QED) is 0.872. The van der Waals surface area contributed by atoms with Crippen LogP contribution in [0.5, 0.6) is 0 Å². The molecule has 0 saturated carbocycles. The van der Waals surface area contributed by atoms with E-state index in [0.717, 1.165) is 29.5 Å². The lowest BCUT2D eigenvalue weighted by molar-refractivity contribution is 0.546. The molecule has 0 saturated heterocycles. The minimum Gasteiger partial charge on any atom is -0.208 e. The number of benzene rings is 2. The highest BCUT2D eigenvalue weighted by atomic mass is 32.2. The Morgan fingerprint density at radius 3 is 2.13 bits per heavy atom. The third-order valence-electron chi connectivity index (χ3n) is 3.94. The smallest absolute Gasteiger partial charge is 0.208 e. The maximum absolute atomic E-state index is 12.7. The van der Waals surface area contributed by atoms with Gasteiger partial charge in [-0.15, -0.1) is 0 Å². The Balaban J connectivity index is 2.09. The van der Waals surface area contributed by atoms with E-state index in [2.05, 4.69) is 16.9 Å². The van der Waals surface area contributed by atoms with Crippen LogP contribution < -0.4 is 4.72 Å². The van der Waals surface area contributed by atoms with Crippen molar-refractivity contribution < 1.29 is 8.42 Å². The molecular weight excluding hydrogens is 306 g/mol. The molecule has 1 atom stereocenters. The Hall–Kier alpha value is -1.65. The summed E-state index contributed by atoms with van der Waals surface area (Å²) >= 11 is 0. The van der Waals surface area contributed by atoms with E-state index in [1.807, 2.05) is 58.0 Å². The number of aryl methyl sites for hydroxylation is 4. The van der Waals surface area contributed by atoms with E-state index < -0.39 is 10.0 Å². The van der Waals surface area contributed by atoms with Gasteiger partial charge in [-0.2, -0.15) is 0 Å². The Morgan fingerprint density at radius 1 is 1.00 bits per heavy atom. The van der Waals surface area contributed by atoms with Gasteiger partial charge in [0.05, 0.1) is 4.90 Å². The molecule has 2 rings (SSSR count). The van der Waals surface area contributed by atoms with Crippen molar-refractivity contribution in [3.63, 3.8) is 0 Å². The number of rotatable bonds is 6. The summed E-state index contributed by atoms with van der Waals surface area (Å²) in [6.45, 7) is 7.60. The minimum absolute atomic E-state index is 0.111. The van der Waals surface area contributed by atoms with E-state index >= 15 is 0 Å². The molecular formula is C19H25NO2S. The van der Waals surface area contributed by atoms with E-state index in [1.165, 1.54) is 5.56 Å². The number of sulfonamides is 1. The molecule has 2 aromatic carbocycles. The molecule has 0 aliphatic heterocycles. The van der Waals surface area contributed by atoms with Crippen molar-refractivity contribution in [3.8, 4) is 0 Å². The minimum atomic E-state index is -3.49. The molecule has 0 spiro atoms. The Labute approximate surface area is 139 Å². The summed E-state index contributed by atoms with van der Waals surface area (Å²) in [6, 6.07) is 13.8. The molecule has 4 heteroatoms. The van der Waals surface area contributed by atoms with Gasteiger partial charge in [-0.25, -0.2) is 13.1 Å². The molecule has 0 radical (unpaired) electrons. The first-order valence-electron chi connectivity index (χ1n) is 7.93. The highest BCUT2D eigenvalue weighted by Gasteiger charge is 2.21. The lowest BCUT2D eigenvalue weighted by atomic mass is 10.1. The second-order valence-electron chi connectivity index (χ2n) is 6.27. The summed E-state index contributed by atoms with van der Waals surface area (Å²) in [5.74, 6) is 0. The van der Waals surface area contributed by atoms with Crippen LogP contribution in [0.1, 0.15) is 35.6 Å². The number of hydrogen-bond acceptors (Lipinski definition) is 2. The van der Waals surface area contributed by atoms with Crippen LogP contribution in [0.3, 0.4) is 0 Å². The van der Waals surface area contributed by atoms with E-state index in [1.54, 1.807) is 0 Å². The average Bonchev–Trinajstić information content (AvgIpc) is 2.44. The van der Waals surface area contributed by atoms with Gasteiger partial charge in [-0.1, -0.05) is 48.0 Å². The molecule has 0 bridgehead atoms. The average molecular weight is 331 g/mol. The standard InChI is InChI=1S/C19H25NO2S/c1-14-12-15(2)19(16(3)13-14)23(21,22)20-17(4)10-11-18-8-6-5-7-9-18/h5-9,12-13,17,20H,10-11H2,1-4H3/t17-/m0/s1. The first-order chi connectivity index (χ1) is 10.8. The fraction of sp³-hybridized carbons (Fsp3) is 0.368. The fourth-order valence-corrected chi connectivity index (χ4v) is 4.73. The first kappa shape index (κ1) is 17.7. The van der Waals surface area contributed by atoms with Gasteiger partial charge in [0, 0.05) is 6.04 Å². The molecule has 0 aliphatic rings. The molecule has 0 unspecified atom stereocenters. The van der Waals surface area contributed by atoms with Gasteiger partial charge in [0.25, 0.3) is 0 Å². The first-order valence-corrected chi connectivity index (χ1v) is 9.42. The zero-order valence-electron chi connectivity index (χ0n) is 14.3. The number of hydrogen-bond donors (Lipinski definition) is 1. The zero-order chi connectivity index (χ0) is 17.0. The summed E-state index contributed by atoms with van der Waals surface area (Å²) in [7, 11) is -3.49. The lowest BCUT2D eigenvalue weighted by Gasteiger charge is -2.17. The van der Waals surface area contributed by atoms with E-state index in [9.17, 15) is 8.42 Å². The second kappa shape index (κ2) is 7.28. The van der Waals surface area contributed by atoms with Crippen molar-refractivity contribution in [2.24, 2.45) is 0 Å². The molecule has 0 fully saturated rings. The largest absolute Gasteiger partial charge is 0.241 e. The molecule has 0 amide bonds. The third-order valence-corrected chi connectivity index (χ3v) is 5.83. The molecule has 2 aromatic rings. The Morgan fingerprint density at radius 2 is 1.57 bits per heavy atom. The maximum Gasteiger partial charge on any atom is 0.241 e. The zero-order valence-corrected chi connectivity index (χ0v) is 15.1. The topological polar surface area (TPSA) is 46.2 Å². The van der Waals surface area contributed by atoms with E-state index in [4.69, 9.17) is 0 Å². The van der Waals surface area contributed by atoms with Crippen LogP contribution in [-0.2, 0) is 16.4 Å². The Bertz CT molecular complexity index is 744. The molecule has 0 heterocycles. The van der Waals surface area contributed by atoms with Gasteiger partial charge in [0.2, 0.25) is 10.0 Å². The van der Waals surface area contributed by atoms with E-state index in [-0.39, 0.29) is 6.04 Å². The third kappa shape index (κ3) is 4.66. The van der Waals surface area contributed by atoms with Crippen LogP contribution in [0.25, 0.3) is 0 Å². The molecule has 23 heavy (non-hydrogen) atoms. The van der Waals surface area contributed by atoms with Crippen molar-refractivity contribution in [2.75, 3.05) is 0 Å². The van der Waals surface area contributed by atoms with Crippen molar-refractivity contribution in [2.45, 2.75) is 51.5 Å². The van der Waals surface area contributed by atoms with Crippen LogP contribution >= 0.6 is 0 Å². The van der Waals surface area contributed by atoms with Crippen LogP contribution in [0, 0.1) is 20.8 Å². The van der Waals surface area contributed by atoms with Crippen LogP contribution in [0.4, 0.5) is 0 Å². The van der Waals surface area contributed by atoms with Crippen molar-refractivity contribution in [1.82, 2.24) is 4.72 Å². The van der Waals surface area contributed by atoms with Crippen molar-refractivity contribution in [1.29, 1.82) is 0 Å². The lowest BCUT2D eigenvalue weighted by Crippen LogP contribution is -2.33. The fourth-order valence-electron chi connectivity index (χ4n) is 3.00. The van der Waals surface area contributed by atoms with Crippen molar-refractivity contribution >= 4 is 10.0 Å². The van der Waals surface area contributed by atoms with Crippen LogP contribution in [0.15, 0.2) is 47.4 Å². The molecule has 124 valence electrons. The maximum atomic E-state index is 12.7. The Kier molecular flexibility index (Phi) is 5.60. The summed E-state index contributed by atoms with van der Waals surface area (Å²) in [5.41, 5.74) is 3.90. The van der Waals surface area contributed by atoms with E-state index in [0.29, 0.717) is 4.90 Å². The van der Waals surface area contributed by atoms with Gasteiger partial charge >= 0.3 is 0 Å². The summed E-state index contributed by atoms with van der Waals surface area (Å²) < 4.78 is 28.2. The second-order valence-corrected chi connectivity index (χ2v) is 7.93. The highest BCUT2D eigenvalue weighted by molar-refractivity contribution is 7.89. The van der Waals surface area contributed by atoms with Gasteiger partial charge in [-0.05, 0) is 57.2 Å². The van der Waals surface area contributed by atoms with Gasteiger partial charge in [0.1, 0.15) is 0 Å².